The number of ether oxygens (including phenoxy) is 1. The number of carbonyl (C=O) groups is 1. The zero-order chi connectivity index (χ0) is 17.3. The highest BCUT2D eigenvalue weighted by molar-refractivity contribution is 5.95. The highest BCUT2D eigenvalue weighted by Gasteiger charge is 2.21. The van der Waals surface area contributed by atoms with Gasteiger partial charge in [0.2, 0.25) is 0 Å². The maximum atomic E-state index is 12.7. The molecule has 3 rings (SSSR count). The molecule has 0 unspecified atom stereocenters. The summed E-state index contributed by atoms with van der Waals surface area (Å²) < 4.78 is 6.12. The second kappa shape index (κ2) is 6.16. The zero-order valence-electron chi connectivity index (χ0n) is 13.7. The minimum Gasteiger partial charge on any atom is -0.465 e. The number of aromatic nitrogens is 2. The van der Waals surface area contributed by atoms with Crippen molar-refractivity contribution in [2.24, 2.45) is 0 Å². The maximum Gasteiger partial charge on any atom is 0.347 e. The van der Waals surface area contributed by atoms with E-state index in [1.807, 2.05) is 44.2 Å². The largest absolute Gasteiger partial charge is 0.465 e. The van der Waals surface area contributed by atoms with Crippen molar-refractivity contribution in [3.05, 3.63) is 69.6 Å². The number of esters is 1. The molecule has 0 saturated carbocycles. The number of nitrogens with one attached hydrogen (secondary N) is 1. The number of hydrogen-bond donors (Lipinski definition) is 1. The Morgan fingerprint density at radius 2 is 2.00 bits per heavy atom. The van der Waals surface area contributed by atoms with Crippen LogP contribution in [0.25, 0.3) is 5.65 Å². The zero-order valence-corrected chi connectivity index (χ0v) is 13.7. The Morgan fingerprint density at radius 1 is 1.21 bits per heavy atom. The summed E-state index contributed by atoms with van der Waals surface area (Å²) in [6.45, 7) is 3.81. The van der Waals surface area contributed by atoms with E-state index in [-0.39, 0.29) is 11.4 Å². The summed E-state index contributed by atoms with van der Waals surface area (Å²) in [5, 5.41) is 3.06. The minimum absolute atomic E-state index is 0.123. The maximum absolute atomic E-state index is 12.7. The average molecular weight is 323 g/mol. The molecule has 1 aromatic carbocycles. The van der Waals surface area contributed by atoms with Crippen molar-refractivity contribution < 1.29 is 9.53 Å². The summed E-state index contributed by atoms with van der Waals surface area (Å²) in [4.78, 5) is 29.3. The SMILES string of the molecule is COC(=O)c1c(Nc2cccc(C)c2)nc2c(C)cccn2c1=O. The van der Waals surface area contributed by atoms with Crippen molar-refractivity contribution >= 4 is 23.1 Å². The second-order valence-corrected chi connectivity index (χ2v) is 5.51. The Kier molecular flexibility index (Phi) is 4.04. The molecule has 24 heavy (non-hydrogen) atoms. The number of carbonyl (C=O) groups excluding carboxylic acids is 1. The Morgan fingerprint density at radius 3 is 2.71 bits per heavy atom. The third-order valence-corrected chi connectivity index (χ3v) is 3.72. The first kappa shape index (κ1) is 15.7. The van der Waals surface area contributed by atoms with Crippen LogP contribution >= 0.6 is 0 Å². The fourth-order valence-corrected chi connectivity index (χ4v) is 2.53. The monoisotopic (exact) mass is 323 g/mol. The molecule has 6 heteroatoms. The van der Waals surface area contributed by atoms with Crippen molar-refractivity contribution in [2.75, 3.05) is 12.4 Å². The third kappa shape index (κ3) is 2.74. The van der Waals surface area contributed by atoms with Crippen LogP contribution in [0.5, 0.6) is 0 Å². The number of benzene rings is 1. The number of fused-ring (bicyclic) bond motifs is 1. The smallest absolute Gasteiger partial charge is 0.347 e. The number of methoxy groups -OCH3 is 1. The number of anilines is 2. The first-order valence-corrected chi connectivity index (χ1v) is 7.45. The minimum atomic E-state index is -0.724. The van der Waals surface area contributed by atoms with Gasteiger partial charge in [0.05, 0.1) is 7.11 Å². The van der Waals surface area contributed by atoms with Crippen LogP contribution in [0.1, 0.15) is 21.5 Å². The van der Waals surface area contributed by atoms with Crippen LogP contribution in [0.4, 0.5) is 11.5 Å². The summed E-state index contributed by atoms with van der Waals surface area (Å²) in [5.74, 6) is -0.537. The van der Waals surface area contributed by atoms with E-state index in [1.54, 1.807) is 12.3 Å². The molecule has 0 spiro atoms. The van der Waals surface area contributed by atoms with Gasteiger partial charge in [-0.15, -0.1) is 0 Å². The van der Waals surface area contributed by atoms with Crippen LogP contribution < -0.4 is 10.9 Å². The summed E-state index contributed by atoms with van der Waals surface area (Å²) in [5.41, 5.74) is 2.52. The van der Waals surface area contributed by atoms with Gasteiger partial charge >= 0.3 is 5.97 Å². The van der Waals surface area contributed by atoms with E-state index in [4.69, 9.17) is 4.74 Å². The molecule has 6 nitrogen and oxygen atoms in total. The molecule has 2 heterocycles. The number of aryl methyl sites for hydroxylation is 2. The van der Waals surface area contributed by atoms with Gasteiger partial charge in [-0.3, -0.25) is 9.20 Å². The molecule has 0 amide bonds. The number of nitrogens with zero attached hydrogens (tertiary/aromatic N) is 2. The van der Waals surface area contributed by atoms with Crippen LogP contribution in [-0.4, -0.2) is 22.5 Å². The van der Waals surface area contributed by atoms with Crippen molar-refractivity contribution in [1.82, 2.24) is 9.38 Å². The Labute approximate surface area is 138 Å². The van der Waals surface area contributed by atoms with Gasteiger partial charge in [-0.2, -0.15) is 0 Å². The molecule has 3 aromatic rings. The highest BCUT2D eigenvalue weighted by Crippen LogP contribution is 2.20. The summed E-state index contributed by atoms with van der Waals surface area (Å²) in [6.07, 6.45) is 1.58. The molecule has 1 N–H and O–H groups in total. The standard InChI is InChI=1S/C18H17N3O3/c1-11-6-4-8-13(10-11)19-15-14(18(23)24-3)17(22)21-9-5-7-12(2)16(21)20-15/h4-10,19H,1-3H3. The third-order valence-electron chi connectivity index (χ3n) is 3.72. The molecule has 0 aliphatic rings. The van der Waals surface area contributed by atoms with Crippen molar-refractivity contribution in [3.8, 4) is 0 Å². The first-order valence-electron chi connectivity index (χ1n) is 7.45. The van der Waals surface area contributed by atoms with Crippen LogP contribution in [0.2, 0.25) is 0 Å². The lowest BCUT2D eigenvalue weighted by molar-refractivity contribution is 0.0599. The lowest BCUT2D eigenvalue weighted by Gasteiger charge is -2.12. The van der Waals surface area contributed by atoms with Gasteiger partial charge in [-0.05, 0) is 43.2 Å². The Hall–Kier alpha value is -3.15. The van der Waals surface area contributed by atoms with Crippen LogP contribution in [0.3, 0.4) is 0 Å². The van der Waals surface area contributed by atoms with Gasteiger partial charge in [0.25, 0.3) is 5.56 Å². The van der Waals surface area contributed by atoms with Crippen LogP contribution in [0.15, 0.2) is 47.4 Å². The van der Waals surface area contributed by atoms with Gasteiger partial charge in [0, 0.05) is 11.9 Å². The van der Waals surface area contributed by atoms with Crippen LogP contribution in [0, 0.1) is 13.8 Å². The predicted octanol–water partition coefficient (Wildman–Crippen LogP) is 2.84. The van der Waals surface area contributed by atoms with Crippen molar-refractivity contribution in [2.45, 2.75) is 13.8 Å². The average Bonchev–Trinajstić information content (AvgIpc) is 2.56. The molecule has 0 aliphatic carbocycles. The summed E-state index contributed by atoms with van der Waals surface area (Å²) in [7, 11) is 1.24. The normalized spacial score (nSPS) is 10.6. The topological polar surface area (TPSA) is 72.7 Å². The lowest BCUT2D eigenvalue weighted by Crippen LogP contribution is -2.26. The first-order chi connectivity index (χ1) is 11.5. The van der Waals surface area contributed by atoms with Gasteiger partial charge in [-0.1, -0.05) is 18.2 Å². The number of pyridine rings is 1. The molecule has 0 aliphatic heterocycles. The molecular formula is C18H17N3O3. The number of rotatable bonds is 3. The van der Waals surface area contributed by atoms with E-state index in [0.29, 0.717) is 5.65 Å². The molecule has 2 aromatic heterocycles. The van der Waals surface area contributed by atoms with Gasteiger partial charge in [0.15, 0.2) is 11.4 Å². The fraction of sp³-hybridized carbons (Fsp3) is 0.167. The lowest BCUT2D eigenvalue weighted by atomic mass is 10.2. The van der Waals surface area contributed by atoms with E-state index >= 15 is 0 Å². The van der Waals surface area contributed by atoms with Crippen molar-refractivity contribution in [1.29, 1.82) is 0 Å². The molecule has 0 fully saturated rings. The second-order valence-electron chi connectivity index (χ2n) is 5.51. The molecule has 0 bridgehead atoms. The molecule has 0 radical (unpaired) electrons. The van der Waals surface area contributed by atoms with Gasteiger partial charge < -0.3 is 10.1 Å². The Bertz CT molecular complexity index is 992. The summed E-state index contributed by atoms with van der Waals surface area (Å²) in [6, 6.07) is 11.2. The molecule has 0 saturated heterocycles. The van der Waals surface area contributed by atoms with E-state index in [1.165, 1.54) is 11.5 Å². The molecule has 122 valence electrons. The predicted molar refractivity (Wildman–Crippen MR) is 92.0 cm³/mol. The van der Waals surface area contributed by atoms with Gasteiger partial charge in [0.1, 0.15) is 5.65 Å². The number of hydrogen-bond acceptors (Lipinski definition) is 5. The van der Waals surface area contributed by atoms with E-state index in [2.05, 4.69) is 10.3 Å². The fourth-order valence-electron chi connectivity index (χ4n) is 2.53. The van der Waals surface area contributed by atoms with E-state index in [0.717, 1.165) is 16.8 Å². The quantitative estimate of drug-likeness (QED) is 0.750. The van der Waals surface area contributed by atoms with E-state index in [9.17, 15) is 9.59 Å². The summed E-state index contributed by atoms with van der Waals surface area (Å²) >= 11 is 0. The van der Waals surface area contributed by atoms with Gasteiger partial charge in [-0.25, -0.2) is 9.78 Å². The Balaban J connectivity index is 2.26. The van der Waals surface area contributed by atoms with E-state index < -0.39 is 11.5 Å². The molecule has 0 atom stereocenters. The van der Waals surface area contributed by atoms with Crippen molar-refractivity contribution in [3.63, 3.8) is 0 Å². The highest BCUT2D eigenvalue weighted by atomic mass is 16.5. The van der Waals surface area contributed by atoms with Crippen LogP contribution in [-0.2, 0) is 4.74 Å². The molecular weight excluding hydrogens is 306 g/mol.